The first-order chi connectivity index (χ1) is 14.7. The molecule has 2 nitrogen and oxygen atoms in total. The lowest BCUT2D eigenvalue weighted by molar-refractivity contribution is 0.408. The summed E-state index contributed by atoms with van der Waals surface area (Å²) in [7, 11) is 3.46. The van der Waals surface area contributed by atoms with E-state index in [9.17, 15) is 0 Å². The van der Waals surface area contributed by atoms with Crippen LogP contribution in [0.15, 0.2) is 97.1 Å². The van der Waals surface area contributed by atoms with E-state index in [0.717, 1.165) is 31.8 Å². The van der Waals surface area contributed by atoms with E-state index in [-0.39, 0.29) is 5.92 Å². The molecule has 0 unspecified atom stereocenters. The highest BCUT2D eigenvalue weighted by molar-refractivity contribution is 14.1. The Labute approximate surface area is 191 Å². The van der Waals surface area contributed by atoms with Gasteiger partial charge < -0.3 is 9.47 Å². The van der Waals surface area contributed by atoms with Crippen molar-refractivity contribution in [1.82, 2.24) is 0 Å². The Morgan fingerprint density at radius 3 is 1.70 bits per heavy atom. The summed E-state index contributed by atoms with van der Waals surface area (Å²) in [5.41, 5.74) is 5.79. The number of halogens is 1. The second-order valence-corrected chi connectivity index (χ2v) is 8.16. The summed E-state index contributed by atoms with van der Waals surface area (Å²) in [6, 6.07) is 33.6. The molecule has 0 N–H and O–H groups in total. The third-order valence-corrected chi connectivity index (χ3v) is 6.20. The fraction of sp³-hybridized carbons (Fsp3) is 0.111. The Kier molecular flexibility index (Phi) is 6.38. The van der Waals surface area contributed by atoms with Crippen molar-refractivity contribution >= 4 is 22.6 Å². The minimum atomic E-state index is 0.0271. The van der Waals surface area contributed by atoms with Crippen molar-refractivity contribution in [3.8, 4) is 22.6 Å². The largest absolute Gasteiger partial charge is 0.496 e. The standard InChI is InChI=1S/C27H23IO2/c1-29-23-18-10-16-22(28)26(23)21-15-9-17-24(30-2)27(21)25(19-11-5-3-6-12-19)20-13-7-4-8-14-20/h3-18,25H,1-2H3. The van der Waals surface area contributed by atoms with Crippen LogP contribution in [-0.4, -0.2) is 14.2 Å². The zero-order valence-electron chi connectivity index (χ0n) is 17.0. The van der Waals surface area contributed by atoms with E-state index in [2.05, 4.69) is 95.4 Å². The minimum absolute atomic E-state index is 0.0271. The van der Waals surface area contributed by atoms with Crippen LogP contribution in [0.2, 0.25) is 0 Å². The molecule has 4 aromatic carbocycles. The highest BCUT2D eigenvalue weighted by Gasteiger charge is 2.26. The molecule has 0 spiro atoms. The number of rotatable bonds is 6. The summed E-state index contributed by atoms with van der Waals surface area (Å²) in [6.45, 7) is 0. The van der Waals surface area contributed by atoms with Gasteiger partial charge in [-0.1, -0.05) is 78.9 Å². The molecule has 0 heterocycles. The molecule has 0 fully saturated rings. The predicted molar refractivity (Wildman–Crippen MR) is 132 cm³/mol. The van der Waals surface area contributed by atoms with Gasteiger partial charge in [-0.05, 0) is 57.5 Å². The van der Waals surface area contributed by atoms with Gasteiger partial charge in [0.1, 0.15) is 11.5 Å². The summed E-state index contributed by atoms with van der Waals surface area (Å²) < 4.78 is 12.8. The molecule has 0 aromatic heterocycles. The van der Waals surface area contributed by atoms with Gasteiger partial charge >= 0.3 is 0 Å². The van der Waals surface area contributed by atoms with E-state index in [1.54, 1.807) is 14.2 Å². The summed E-state index contributed by atoms with van der Waals surface area (Å²) >= 11 is 2.39. The van der Waals surface area contributed by atoms with E-state index < -0.39 is 0 Å². The van der Waals surface area contributed by atoms with E-state index in [4.69, 9.17) is 9.47 Å². The number of methoxy groups -OCH3 is 2. The third kappa shape index (κ3) is 3.94. The van der Waals surface area contributed by atoms with E-state index in [0.29, 0.717) is 0 Å². The quantitative estimate of drug-likeness (QED) is 0.204. The van der Waals surface area contributed by atoms with Crippen LogP contribution in [0.4, 0.5) is 0 Å². The fourth-order valence-corrected chi connectivity index (χ4v) is 4.75. The molecular weight excluding hydrogens is 483 g/mol. The summed E-state index contributed by atoms with van der Waals surface area (Å²) in [4.78, 5) is 0. The first kappa shape index (κ1) is 20.5. The van der Waals surface area contributed by atoms with E-state index >= 15 is 0 Å². The van der Waals surface area contributed by atoms with Crippen molar-refractivity contribution < 1.29 is 9.47 Å². The zero-order valence-corrected chi connectivity index (χ0v) is 19.2. The Bertz CT molecular complexity index is 1080. The number of benzene rings is 4. The Morgan fingerprint density at radius 1 is 0.600 bits per heavy atom. The number of ether oxygens (including phenoxy) is 2. The van der Waals surface area contributed by atoms with Crippen LogP contribution in [-0.2, 0) is 0 Å². The SMILES string of the molecule is COc1cccc(I)c1-c1cccc(OC)c1C(c1ccccc1)c1ccccc1. The van der Waals surface area contributed by atoms with Gasteiger partial charge in [0, 0.05) is 20.6 Å². The molecule has 4 aromatic rings. The molecule has 0 aliphatic rings. The van der Waals surface area contributed by atoms with Gasteiger partial charge in [0.25, 0.3) is 0 Å². The van der Waals surface area contributed by atoms with Gasteiger partial charge in [-0.3, -0.25) is 0 Å². The van der Waals surface area contributed by atoms with Crippen LogP contribution in [0.25, 0.3) is 11.1 Å². The van der Waals surface area contributed by atoms with Crippen molar-refractivity contribution in [2.24, 2.45) is 0 Å². The van der Waals surface area contributed by atoms with Crippen LogP contribution < -0.4 is 9.47 Å². The molecule has 0 saturated carbocycles. The molecule has 0 aliphatic heterocycles. The van der Waals surface area contributed by atoms with Gasteiger partial charge in [-0.15, -0.1) is 0 Å². The molecule has 3 heteroatoms. The van der Waals surface area contributed by atoms with Crippen LogP contribution in [0.3, 0.4) is 0 Å². The van der Waals surface area contributed by atoms with Crippen molar-refractivity contribution in [2.45, 2.75) is 5.92 Å². The van der Waals surface area contributed by atoms with Crippen molar-refractivity contribution in [3.63, 3.8) is 0 Å². The Balaban J connectivity index is 2.06. The topological polar surface area (TPSA) is 18.5 Å². The highest BCUT2D eigenvalue weighted by Crippen LogP contribution is 2.46. The van der Waals surface area contributed by atoms with Crippen LogP contribution in [0, 0.1) is 3.57 Å². The first-order valence-corrected chi connectivity index (χ1v) is 10.9. The predicted octanol–water partition coefficient (Wildman–Crippen LogP) is 7.16. The zero-order chi connectivity index (χ0) is 20.9. The number of hydrogen-bond acceptors (Lipinski definition) is 2. The fourth-order valence-electron chi connectivity index (χ4n) is 3.99. The van der Waals surface area contributed by atoms with Crippen molar-refractivity contribution in [3.05, 3.63) is 117 Å². The second-order valence-electron chi connectivity index (χ2n) is 6.99. The van der Waals surface area contributed by atoms with E-state index in [1.165, 1.54) is 11.1 Å². The summed E-state index contributed by atoms with van der Waals surface area (Å²) in [6.07, 6.45) is 0. The van der Waals surface area contributed by atoms with Gasteiger partial charge in [-0.25, -0.2) is 0 Å². The maximum atomic E-state index is 5.90. The molecule has 0 bridgehead atoms. The van der Waals surface area contributed by atoms with Crippen LogP contribution in [0.5, 0.6) is 11.5 Å². The van der Waals surface area contributed by atoms with Crippen LogP contribution in [0.1, 0.15) is 22.6 Å². The lowest BCUT2D eigenvalue weighted by Crippen LogP contribution is -2.08. The maximum Gasteiger partial charge on any atom is 0.127 e. The molecular formula is C27H23IO2. The normalized spacial score (nSPS) is 10.8. The average molecular weight is 506 g/mol. The molecule has 0 radical (unpaired) electrons. The van der Waals surface area contributed by atoms with Crippen molar-refractivity contribution in [2.75, 3.05) is 14.2 Å². The minimum Gasteiger partial charge on any atom is -0.496 e. The second kappa shape index (κ2) is 9.35. The highest BCUT2D eigenvalue weighted by atomic mass is 127. The van der Waals surface area contributed by atoms with Crippen LogP contribution >= 0.6 is 22.6 Å². The van der Waals surface area contributed by atoms with Gasteiger partial charge in [0.2, 0.25) is 0 Å². The summed E-state index contributed by atoms with van der Waals surface area (Å²) in [5.74, 6) is 1.75. The molecule has 0 amide bonds. The molecule has 30 heavy (non-hydrogen) atoms. The molecule has 0 saturated heterocycles. The maximum absolute atomic E-state index is 5.90. The van der Waals surface area contributed by atoms with E-state index in [1.807, 2.05) is 24.3 Å². The summed E-state index contributed by atoms with van der Waals surface area (Å²) in [5, 5.41) is 0. The van der Waals surface area contributed by atoms with Gasteiger partial charge in [0.15, 0.2) is 0 Å². The smallest absolute Gasteiger partial charge is 0.127 e. The lowest BCUT2D eigenvalue weighted by Gasteiger charge is -2.25. The van der Waals surface area contributed by atoms with Crippen molar-refractivity contribution in [1.29, 1.82) is 0 Å². The third-order valence-electron chi connectivity index (χ3n) is 5.31. The lowest BCUT2D eigenvalue weighted by atomic mass is 9.80. The molecule has 150 valence electrons. The Morgan fingerprint density at radius 2 is 1.13 bits per heavy atom. The molecule has 0 atom stereocenters. The Hall–Kier alpha value is -2.79. The van der Waals surface area contributed by atoms with Gasteiger partial charge in [-0.2, -0.15) is 0 Å². The first-order valence-electron chi connectivity index (χ1n) is 9.84. The number of hydrogen-bond donors (Lipinski definition) is 0. The monoisotopic (exact) mass is 506 g/mol. The average Bonchev–Trinajstić information content (AvgIpc) is 2.81. The molecule has 0 aliphatic carbocycles. The molecule has 4 rings (SSSR count). The van der Waals surface area contributed by atoms with Gasteiger partial charge in [0.05, 0.1) is 14.2 Å².